The Morgan fingerprint density at radius 3 is 1.10 bits per heavy atom. The van der Waals surface area contributed by atoms with Crippen molar-refractivity contribution in [3.05, 3.63) is 96.1 Å². The summed E-state index contributed by atoms with van der Waals surface area (Å²) in [6.07, 6.45) is 0. The van der Waals surface area contributed by atoms with Crippen LogP contribution in [0, 0.1) is 0 Å². The van der Waals surface area contributed by atoms with Crippen LogP contribution in [0.4, 0.5) is 0 Å². The van der Waals surface area contributed by atoms with E-state index in [9.17, 15) is 38.4 Å². The molecule has 0 radical (unpaired) electrons. The molecule has 0 bridgehead atoms. The van der Waals surface area contributed by atoms with Crippen LogP contribution in [-0.4, -0.2) is 131 Å². The second kappa shape index (κ2) is 26.8. The van der Waals surface area contributed by atoms with Crippen molar-refractivity contribution >= 4 is 114 Å². The molecule has 18 heteroatoms. The van der Waals surface area contributed by atoms with Gasteiger partial charge in [-0.1, -0.05) is 84.2 Å². The Kier molecular flexibility index (Phi) is 22.0. The largest absolute Gasteiger partial charge is 0.354 e. The first-order valence-corrected chi connectivity index (χ1v) is 21.9. The van der Waals surface area contributed by atoms with Crippen molar-refractivity contribution in [2.24, 2.45) is 0 Å². The lowest BCUT2D eigenvalue weighted by Crippen LogP contribution is -2.43. The molecule has 0 saturated heterocycles. The van der Waals surface area contributed by atoms with Gasteiger partial charge in [-0.3, -0.25) is 38.4 Å². The van der Waals surface area contributed by atoms with Gasteiger partial charge in [-0.2, -0.15) is 0 Å². The van der Waals surface area contributed by atoms with Crippen LogP contribution in [0.2, 0.25) is 0 Å². The van der Waals surface area contributed by atoms with Crippen LogP contribution in [0.3, 0.4) is 0 Å². The van der Waals surface area contributed by atoms with Gasteiger partial charge in [0, 0.05) is 77.3 Å². The molecule has 0 aliphatic rings. The number of fused-ring (bicyclic) bond motifs is 2. The van der Waals surface area contributed by atoms with Gasteiger partial charge in [-0.25, -0.2) is 0 Å². The predicted molar refractivity (Wildman–Crippen MR) is 239 cm³/mol. The molecule has 0 atom stereocenters. The summed E-state index contributed by atoms with van der Waals surface area (Å²) in [6.45, 7) is 4.82. The minimum absolute atomic E-state index is 0.0256. The minimum Gasteiger partial charge on any atom is -0.354 e. The molecule has 4 rings (SSSR count). The van der Waals surface area contributed by atoms with E-state index in [1.54, 1.807) is 21.9 Å². The van der Waals surface area contributed by atoms with Crippen molar-refractivity contribution in [2.75, 3.05) is 75.6 Å². The van der Waals surface area contributed by atoms with Gasteiger partial charge in [0.25, 0.3) is 11.8 Å². The number of carbonyl (C=O) groups excluding carboxylic acids is 8. The van der Waals surface area contributed by atoms with Gasteiger partial charge in [0.2, 0.25) is 23.6 Å². The number of halogens is 2. The molecule has 0 fully saturated rings. The van der Waals surface area contributed by atoms with Gasteiger partial charge in [-0.05, 0) is 45.8 Å². The molecule has 14 nitrogen and oxygen atoms in total. The number of rotatable bonds is 20. The monoisotopic (exact) mass is 898 g/mol. The summed E-state index contributed by atoms with van der Waals surface area (Å²) in [6, 6.07) is 26.4. The summed E-state index contributed by atoms with van der Waals surface area (Å²) in [5.41, 5.74) is 1.05. The van der Waals surface area contributed by atoms with Crippen molar-refractivity contribution in [1.82, 2.24) is 31.1 Å². The molecule has 0 saturated carbocycles. The third-order valence-corrected chi connectivity index (χ3v) is 10.6. The summed E-state index contributed by atoms with van der Waals surface area (Å²) in [5.74, 6) is -1.80. The average molecular weight is 900 g/mol. The van der Waals surface area contributed by atoms with Crippen molar-refractivity contribution in [2.45, 2.75) is 13.8 Å². The third kappa shape index (κ3) is 18.0. The molecule has 4 N–H and O–H groups in total. The molecule has 4 aromatic carbocycles. The number of carbonyl (C=O) groups is 8. The van der Waals surface area contributed by atoms with Crippen LogP contribution in [0.1, 0.15) is 34.6 Å². The Morgan fingerprint density at radius 2 is 0.783 bits per heavy atom. The van der Waals surface area contributed by atoms with Gasteiger partial charge in [-0.15, -0.1) is 23.2 Å². The van der Waals surface area contributed by atoms with Crippen molar-refractivity contribution in [1.29, 1.82) is 0 Å². The lowest BCUT2D eigenvalue weighted by molar-refractivity contribution is -0.119. The molecule has 0 heterocycles. The average Bonchev–Trinajstić information content (AvgIpc) is 3.25. The Morgan fingerprint density at radius 1 is 0.467 bits per heavy atom. The maximum atomic E-state index is 13.2. The highest BCUT2D eigenvalue weighted by molar-refractivity contribution is 8.14. The maximum Gasteiger partial charge on any atom is 0.253 e. The smallest absolute Gasteiger partial charge is 0.253 e. The molecular weight excluding hydrogens is 852 g/mol. The van der Waals surface area contributed by atoms with Crippen LogP contribution in [0.15, 0.2) is 84.9 Å². The number of nitrogens with one attached hydrogen (secondary N) is 4. The fraction of sp³-hybridized carbons (Fsp3) is 0.333. The Balaban J connectivity index is 0.000000327. The summed E-state index contributed by atoms with van der Waals surface area (Å²) in [5, 5.41) is 14.4. The van der Waals surface area contributed by atoms with Crippen LogP contribution < -0.4 is 21.3 Å². The number of hydrogen-bond acceptors (Lipinski definition) is 10. The molecule has 0 unspecified atom stereocenters. The summed E-state index contributed by atoms with van der Waals surface area (Å²) in [4.78, 5) is 97.6. The highest BCUT2D eigenvalue weighted by atomic mass is 35.5. The van der Waals surface area contributed by atoms with E-state index in [0.29, 0.717) is 24.2 Å². The highest BCUT2D eigenvalue weighted by Crippen LogP contribution is 2.18. The summed E-state index contributed by atoms with van der Waals surface area (Å²) in [7, 11) is 0. The summed E-state index contributed by atoms with van der Waals surface area (Å²) >= 11 is 12.8. The first-order valence-electron chi connectivity index (χ1n) is 18.8. The number of hydrogen-bond donors (Lipinski definition) is 4. The van der Waals surface area contributed by atoms with E-state index in [1.807, 2.05) is 72.8 Å². The van der Waals surface area contributed by atoms with Crippen LogP contribution >= 0.6 is 46.7 Å². The lowest BCUT2D eigenvalue weighted by Gasteiger charge is -2.23. The van der Waals surface area contributed by atoms with Crippen LogP contribution in [0.25, 0.3) is 21.5 Å². The van der Waals surface area contributed by atoms with Gasteiger partial charge in [0.15, 0.2) is 10.2 Å². The molecule has 0 aliphatic heterocycles. The zero-order chi connectivity index (χ0) is 43.9. The number of thioether (sulfide) groups is 2. The van der Waals surface area contributed by atoms with Crippen molar-refractivity contribution in [3.8, 4) is 0 Å². The van der Waals surface area contributed by atoms with Gasteiger partial charge in [0.1, 0.15) is 11.8 Å². The number of amides is 6. The second-order valence-corrected chi connectivity index (χ2v) is 15.8. The molecule has 4 aromatic rings. The Hall–Kier alpha value is -5.16. The first kappa shape index (κ1) is 49.2. The van der Waals surface area contributed by atoms with Crippen molar-refractivity contribution in [3.63, 3.8) is 0 Å². The standard InChI is InChI=1S/C23H27N3O5S2.C19H21Cl2N3O3/c1-16(27)32-14-21(29)24-9-11-26(12-10-25-22(30)15-33-17(2)28)23(31)20-8-7-18-5-3-4-6-19(18)13-20;20-12-17(25)22-7-9-24(10-8-23-18(26)13-21)19(27)16-6-5-14-3-1-2-4-15(14)11-16/h3-8,13H,9-12,14-15H2,1-2H3,(H,24,29)(H,25,30);1-6,11H,7-10,12-13H2,(H,22,25)(H,23,26). The van der Waals surface area contributed by atoms with Gasteiger partial charge < -0.3 is 31.1 Å². The number of alkyl halides is 2. The van der Waals surface area contributed by atoms with E-state index >= 15 is 0 Å². The molecule has 0 aliphatic carbocycles. The quantitative estimate of drug-likeness (QED) is 0.0942. The van der Waals surface area contributed by atoms with E-state index in [2.05, 4.69) is 21.3 Å². The minimum atomic E-state index is -0.301. The Labute approximate surface area is 367 Å². The topological polar surface area (TPSA) is 191 Å². The van der Waals surface area contributed by atoms with E-state index in [-0.39, 0.29) is 108 Å². The van der Waals surface area contributed by atoms with Crippen LogP contribution in [-0.2, 0) is 28.8 Å². The highest BCUT2D eigenvalue weighted by Gasteiger charge is 2.18. The molecule has 0 aromatic heterocycles. The zero-order valence-corrected chi connectivity index (χ0v) is 36.4. The third-order valence-electron chi connectivity index (χ3n) is 8.44. The maximum absolute atomic E-state index is 13.2. The zero-order valence-electron chi connectivity index (χ0n) is 33.3. The first-order chi connectivity index (χ1) is 28.8. The number of benzene rings is 4. The van der Waals surface area contributed by atoms with E-state index in [0.717, 1.165) is 45.1 Å². The fourth-order valence-corrected chi connectivity index (χ4v) is 6.55. The predicted octanol–water partition coefficient (Wildman–Crippen LogP) is 4.07. The van der Waals surface area contributed by atoms with E-state index in [4.69, 9.17) is 23.2 Å². The molecular formula is C42H48Cl2N6O8S2. The number of nitrogens with zero attached hydrogens (tertiary/aromatic N) is 2. The fourth-order valence-electron chi connectivity index (χ4n) is 5.49. The molecule has 0 spiro atoms. The second-order valence-electron chi connectivity index (χ2n) is 12.9. The van der Waals surface area contributed by atoms with Gasteiger partial charge >= 0.3 is 0 Å². The lowest BCUT2D eigenvalue weighted by atomic mass is 10.1. The van der Waals surface area contributed by atoms with Crippen molar-refractivity contribution < 1.29 is 38.4 Å². The summed E-state index contributed by atoms with van der Waals surface area (Å²) < 4.78 is 0. The van der Waals surface area contributed by atoms with E-state index in [1.165, 1.54) is 13.8 Å². The van der Waals surface area contributed by atoms with E-state index < -0.39 is 0 Å². The van der Waals surface area contributed by atoms with Gasteiger partial charge in [0.05, 0.1) is 11.5 Å². The molecule has 320 valence electrons. The van der Waals surface area contributed by atoms with Crippen LogP contribution in [0.5, 0.6) is 0 Å². The molecule has 6 amide bonds. The SMILES string of the molecule is CC(=O)SCC(=O)NCCN(CCNC(=O)CSC(C)=O)C(=O)c1ccc2ccccc2c1.O=C(CCl)NCCN(CCNC(=O)CCl)C(=O)c1ccc2ccccc2c1. The molecule has 60 heavy (non-hydrogen) atoms. The normalized spacial score (nSPS) is 10.5. The Bertz CT molecular complexity index is 2080.